The number of ether oxygens (including phenoxy) is 1. The molecule has 2 saturated heterocycles. The van der Waals surface area contributed by atoms with Gasteiger partial charge in [0.1, 0.15) is 11.6 Å². The molecule has 0 aromatic heterocycles. The van der Waals surface area contributed by atoms with Gasteiger partial charge in [-0.25, -0.2) is 4.39 Å². The van der Waals surface area contributed by atoms with Crippen molar-refractivity contribution in [2.45, 2.75) is 25.0 Å². The maximum Gasteiger partial charge on any atom is 0.295 e. The monoisotopic (exact) mass is 381 g/mol. The second-order valence-corrected chi connectivity index (χ2v) is 7.01. The zero-order chi connectivity index (χ0) is 19.7. The Labute approximate surface area is 162 Å². The van der Waals surface area contributed by atoms with Crippen molar-refractivity contribution in [2.75, 3.05) is 13.2 Å². The van der Waals surface area contributed by atoms with Gasteiger partial charge >= 0.3 is 0 Å². The molecule has 2 heterocycles. The van der Waals surface area contributed by atoms with Crippen LogP contribution >= 0.6 is 0 Å². The predicted molar refractivity (Wildman–Crippen MR) is 101 cm³/mol. The van der Waals surface area contributed by atoms with E-state index in [0.717, 1.165) is 12.8 Å². The van der Waals surface area contributed by atoms with Crippen LogP contribution in [0.4, 0.5) is 4.39 Å². The van der Waals surface area contributed by atoms with E-state index in [0.29, 0.717) is 17.7 Å². The first-order valence-corrected chi connectivity index (χ1v) is 9.27. The van der Waals surface area contributed by atoms with E-state index in [-0.39, 0.29) is 24.0 Å². The molecule has 0 bridgehead atoms. The van der Waals surface area contributed by atoms with Crippen molar-refractivity contribution in [2.24, 2.45) is 0 Å². The summed E-state index contributed by atoms with van der Waals surface area (Å²) in [4.78, 5) is 27.0. The fourth-order valence-electron chi connectivity index (χ4n) is 3.85. The number of amides is 1. The van der Waals surface area contributed by atoms with E-state index in [2.05, 4.69) is 0 Å². The van der Waals surface area contributed by atoms with Crippen molar-refractivity contribution in [3.8, 4) is 0 Å². The van der Waals surface area contributed by atoms with E-state index < -0.39 is 23.5 Å². The highest BCUT2D eigenvalue weighted by Gasteiger charge is 2.47. The van der Waals surface area contributed by atoms with E-state index in [1.165, 1.54) is 23.1 Å². The number of hydrogen-bond acceptors (Lipinski definition) is 4. The zero-order valence-electron chi connectivity index (χ0n) is 15.2. The maximum atomic E-state index is 13.9. The smallest absolute Gasteiger partial charge is 0.295 e. The van der Waals surface area contributed by atoms with Gasteiger partial charge in [-0.05, 0) is 30.5 Å². The van der Waals surface area contributed by atoms with Crippen molar-refractivity contribution >= 4 is 17.4 Å². The number of carbonyl (C=O) groups is 2. The lowest BCUT2D eigenvalue weighted by atomic mass is 9.95. The molecule has 6 heteroatoms. The number of Topliss-reactive ketones (excluding diaryl/α,β-unsaturated/α-hetero) is 1. The van der Waals surface area contributed by atoms with Gasteiger partial charge in [0, 0.05) is 18.7 Å². The quantitative estimate of drug-likeness (QED) is 0.501. The summed E-state index contributed by atoms with van der Waals surface area (Å²) in [5.74, 6) is -2.21. The Morgan fingerprint density at radius 3 is 2.61 bits per heavy atom. The van der Waals surface area contributed by atoms with Crippen molar-refractivity contribution in [1.29, 1.82) is 0 Å². The van der Waals surface area contributed by atoms with Crippen molar-refractivity contribution in [1.82, 2.24) is 4.90 Å². The first kappa shape index (κ1) is 18.4. The number of likely N-dealkylation sites (tertiary alicyclic amines) is 1. The van der Waals surface area contributed by atoms with Crippen LogP contribution in [0.25, 0.3) is 5.76 Å². The third kappa shape index (κ3) is 3.31. The Balaban J connectivity index is 1.83. The minimum atomic E-state index is -0.861. The van der Waals surface area contributed by atoms with Gasteiger partial charge in [0.05, 0.1) is 17.7 Å². The van der Waals surface area contributed by atoms with Crippen molar-refractivity contribution in [3.05, 3.63) is 77.1 Å². The van der Waals surface area contributed by atoms with Crippen LogP contribution in [-0.2, 0) is 14.3 Å². The molecular formula is C22H20FNO4. The molecule has 2 aliphatic heterocycles. The molecule has 1 amide bonds. The number of halogens is 1. The molecule has 2 fully saturated rings. The summed E-state index contributed by atoms with van der Waals surface area (Å²) in [6.45, 7) is 0.834. The van der Waals surface area contributed by atoms with E-state index in [9.17, 15) is 19.1 Å². The first-order chi connectivity index (χ1) is 13.6. The largest absolute Gasteiger partial charge is 0.507 e. The third-order valence-electron chi connectivity index (χ3n) is 5.18. The lowest BCUT2D eigenvalue weighted by Crippen LogP contribution is -2.36. The second kappa shape index (κ2) is 7.56. The molecule has 5 nitrogen and oxygen atoms in total. The topological polar surface area (TPSA) is 66.8 Å². The average Bonchev–Trinajstić information content (AvgIpc) is 3.30. The fourth-order valence-corrected chi connectivity index (χ4v) is 3.85. The molecule has 0 aliphatic carbocycles. The van der Waals surface area contributed by atoms with Gasteiger partial charge < -0.3 is 14.7 Å². The molecule has 2 atom stereocenters. The molecular weight excluding hydrogens is 361 g/mol. The number of aliphatic hydroxyl groups is 1. The van der Waals surface area contributed by atoms with Gasteiger partial charge in [-0.2, -0.15) is 0 Å². The molecule has 4 rings (SSSR count). The number of hydrogen-bond donors (Lipinski definition) is 1. The van der Waals surface area contributed by atoms with Gasteiger partial charge in [0.25, 0.3) is 11.7 Å². The van der Waals surface area contributed by atoms with Crippen molar-refractivity contribution in [3.63, 3.8) is 0 Å². The molecule has 2 aromatic carbocycles. The van der Waals surface area contributed by atoms with Crippen LogP contribution in [0.1, 0.15) is 30.0 Å². The molecule has 144 valence electrons. The number of benzene rings is 2. The predicted octanol–water partition coefficient (Wildman–Crippen LogP) is 3.43. The van der Waals surface area contributed by atoms with Crippen LogP contribution in [0.15, 0.2) is 60.2 Å². The van der Waals surface area contributed by atoms with E-state index in [1.54, 1.807) is 36.4 Å². The van der Waals surface area contributed by atoms with Gasteiger partial charge in [0.2, 0.25) is 0 Å². The van der Waals surface area contributed by atoms with Crippen LogP contribution in [0, 0.1) is 5.82 Å². The van der Waals surface area contributed by atoms with Crippen LogP contribution in [0.3, 0.4) is 0 Å². The Morgan fingerprint density at radius 2 is 1.93 bits per heavy atom. The lowest BCUT2D eigenvalue weighted by molar-refractivity contribution is -0.140. The SMILES string of the molecule is O=C1C(=O)N(C[C@H]2CCCO2)[C@H](c2cccc(F)c2)/C1=C(\O)c1ccccc1. The minimum absolute atomic E-state index is 0.0280. The molecule has 2 aliphatic rings. The lowest BCUT2D eigenvalue weighted by Gasteiger charge is -2.27. The number of carbonyl (C=O) groups excluding carboxylic acids is 2. The number of aliphatic hydroxyl groups excluding tert-OH is 1. The van der Waals surface area contributed by atoms with Crippen LogP contribution in [0.5, 0.6) is 0 Å². The summed E-state index contributed by atoms with van der Waals surface area (Å²) in [6, 6.07) is 13.5. The first-order valence-electron chi connectivity index (χ1n) is 9.27. The standard InChI is InChI=1S/C22H20FNO4/c23-16-9-4-8-15(12-16)19-18(20(25)14-6-2-1-3-7-14)21(26)22(27)24(19)13-17-10-5-11-28-17/h1-4,6-9,12,17,19,25H,5,10-11,13H2/b20-18+/t17-,19-/m1/s1. The summed E-state index contributed by atoms with van der Waals surface area (Å²) >= 11 is 0. The van der Waals surface area contributed by atoms with Gasteiger partial charge in [-0.3, -0.25) is 9.59 Å². The van der Waals surface area contributed by atoms with Gasteiger partial charge in [0.15, 0.2) is 0 Å². The van der Waals surface area contributed by atoms with Crippen LogP contribution in [-0.4, -0.2) is 41.0 Å². The number of nitrogens with zero attached hydrogens (tertiary/aromatic N) is 1. The molecule has 1 N–H and O–H groups in total. The van der Waals surface area contributed by atoms with Gasteiger partial charge in [-0.15, -0.1) is 0 Å². The van der Waals surface area contributed by atoms with E-state index in [1.807, 2.05) is 0 Å². The highest BCUT2D eigenvalue weighted by molar-refractivity contribution is 6.46. The van der Waals surface area contributed by atoms with E-state index >= 15 is 0 Å². The minimum Gasteiger partial charge on any atom is -0.507 e. The van der Waals surface area contributed by atoms with Gasteiger partial charge in [-0.1, -0.05) is 42.5 Å². The molecule has 0 saturated carbocycles. The Hall–Kier alpha value is -2.99. The summed E-state index contributed by atoms with van der Waals surface area (Å²) in [5.41, 5.74) is 0.841. The zero-order valence-corrected chi connectivity index (χ0v) is 15.2. The average molecular weight is 381 g/mol. The maximum absolute atomic E-state index is 13.9. The summed E-state index contributed by atoms with van der Waals surface area (Å²) in [6.07, 6.45) is 1.51. The Morgan fingerprint density at radius 1 is 1.14 bits per heavy atom. The van der Waals surface area contributed by atoms with E-state index in [4.69, 9.17) is 4.74 Å². The van der Waals surface area contributed by atoms with Crippen molar-refractivity contribution < 1.29 is 23.8 Å². The Kier molecular flexibility index (Phi) is 4.96. The normalized spacial score (nSPS) is 24.1. The number of rotatable bonds is 4. The highest BCUT2D eigenvalue weighted by Crippen LogP contribution is 2.40. The van der Waals surface area contributed by atoms with Crippen LogP contribution in [0.2, 0.25) is 0 Å². The summed E-state index contributed by atoms with van der Waals surface area (Å²) < 4.78 is 19.5. The Bertz CT molecular complexity index is 935. The molecule has 0 radical (unpaired) electrons. The molecule has 0 spiro atoms. The van der Waals surface area contributed by atoms with Crippen LogP contribution < -0.4 is 0 Å². The number of ketones is 1. The summed E-state index contributed by atoms with van der Waals surface area (Å²) in [5, 5.41) is 10.8. The summed E-state index contributed by atoms with van der Waals surface area (Å²) in [7, 11) is 0. The molecule has 2 aromatic rings. The second-order valence-electron chi connectivity index (χ2n) is 7.01. The third-order valence-corrected chi connectivity index (χ3v) is 5.18. The fraction of sp³-hybridized carbons (Fsp3) is 0.273. The molecule has 28 heavy (non-hydrogen) atoms. The highest BCUT2D eigenvalue weighted by atomic mass is 19.1. The molecule has 0 unspecified atom stereocenters.